The van der Waals surface area contributed by atoms with Gasteiger partial charge in [0.15, 0.2) is 16.9 Å². The monoisotopic (exact) mass is 441 g/mol. The molecule has 0 saturated heterocycles. The summed E-state index contributed by atoms with van der Waals surface area (Å²) in [6, 6.07) is 3.38. The number of terminal acetylenes is 1. The fourth-order valence-corrected chi connectivity index (χ4v) is 3.66. The predicted molar refractivity (Wildman–Crippen MR) is 114 cm³/mol. The lowest BCUT2D eigenvalue weighted by Crippen LogP contribution is -2.35. The van der Waals surface area contributed by atoms with Gasteiger partial charge in [0.2, 0.25) is 0 Å². The van der Waals surface area contributed by atoms with E-state index in [9.17, 15) is 14.0 Å². The van der Waals surface area contributed by atoms with Crippen LogP contribution in [-0.2, 0) is 19.1 Å². The Kier molecular flexibility index (Phi) is 6.82. The van der Waals surface area contributed by atoms with Crippen molar-refractivity contribution in [3.05, 3.63) is 63.0 Å². The first-order chi connectivity index (χ1) is 14.9. The van der Waals surface area contributed by atoms with Gasteiger partial charge in [0, 0.05) is 17.3 Å². The summed E-state index contributed by atoms with van der Waals surface area (Å²) in [6.07, 6.45) is 6.04. The van der Waals surface area contributed by atoms with E-state index < -0.39 is 29.9 Å². The van der Waals surface area contributed by atoms with Gasteiger partial charge in [-0.1, -0.05) is 18.1 Å². The van der Waals surface area contributed by atoms with Crippen LogP contribution in [-0.4, -0.2) is 35.5 Å². The fraction of sp³-hybridized carbons (Fsp3) is 0.273. The standard InChI is InChI=1S/C22H20FN3O4S/c1-5-14-15(8-7-9-16(14)23)18-17(22(28)30-13(4)21(27)29-6-2)12(3)25-19(26-18)20-24-10-11-31-20/h1,7-11,13,18H,6H2,2-4H3,(H,25,26)/t13-,18+/m1/s1. The average molecular weight is 441 g/mol. The molecule has 0 bridgehead atoms. The van der Waals surface area contributed by atoms with Crippen LogP contribution in [0.4, 0.5) is 4.39 Å². The molecule has 0 unspecified atom stereocenters. The number of hydrogen-bond donors (Lipinski definition) is 1. The van der Waals surface area contributed by atoms with Crippen molar-refractivity contribution in [2.24, 2.45) is 4.99 Å². The number of thiazole rings is 1. The normalized spacial score (nSPS) is 16.6. The number of aliphatic imine (C=N–C) groups is 1. The van der Waals surface area contributed by atoms with Crippen molar-refractivity contribution in [1.29, 1.82) is 0 Å². The summed E-state index contributed by atoms with van der Waals surface area (Å²) in [5.74, 6) is 0.691. The largest absolute Gasteiger partial charge is 0.463 e. The molecule has 160 valence electrons. The molecule has 0 amide bonds. The molecule has 9 heteroatoms. The van der Waals surface area contributed by atoms with Crippen LogP contribution < -0.4 is 5.32 Å². The van der Waals surface area contributed by atoms with Crippen molar-refractivity contribution < 1.29 is 23.5 Å². The zero-order chi connectivity index (χ0) is 22.5. The highest BCUT2D eigenvalue weighted by molar-refractivity contribution is 7.11. The van der Waals surface area contributed by atoms with Gasteiger partial charge >= 0.3 is 11.9 Å². The van der Waals surface area contributed by atoms with E-state index in [1.807, 2.05) is 0 Å². The van der Waals surface area contributed by atoms with Crippen LogP contribution in [0.25, 0.3) is 0 Å². The molecule has 0 saturated carbocycles. The number of nitrogens with one attached hydrogen (secondary N) is 1. The molecule has 7 nitrogen and oxygen atoms in total. The Balaban J connectivity index is 2.06. The zero-order valence-electron chi connectivity index (χ0n) is 17.1. The lowest BCUT2D eigenvalue weighted by atomic mass is 9.92. The van der Waals surface area contributed by atoms with Gasteiger partial charge in [-0.25, -0.2) is 19.0 Å². The van der Waals surface area contributed by atoms with Gasteiger partial charge in [0.1, 0.15) is 11.9 Å². The molecular weight excluding hydrogens is 421 g/mol. The quantitative estimate of drug-likeness (QED) is 0.547. The van der Waals surface area contributed by atoms with E-state index in [1.54, 1.807) is 31.5 Å². The molecule has 3 rings (SSSR count). The van der Waals surface area contributed by atoms with E-state index in [2.05, 4.69) is 21.2 Å². The number of amidine groups is 1. The summed E-state index contributed by atoms with van der Waals surface area (Å²) >= 11 is 1.35. The Hall–Kier alpha value is -3.51. The zero-order valence-corrected chi connectivity index (χ0v) is 18.0. The summed E-state index contributed by atoms with van der Waals surface area (Å²) in [5, 5.41) is 5.42. The number of benzene rings is 1. The average Bonchev–Trinajstić information content (AvgIpc) is 3.28. The van der Waals surface area contributed by atoms with E-state index in [1.165, 1.54) is 30.4 Å². The third-order valence-corrected chi connectivity index (χ3v) is 5.26. The number of carbonyl (C=O) groups excluding carboxylic acids is 2. The Morgan fingerprint density at radius 3 is 2.84 bits per heavy atom. The third kappa shape index (κ3) is 4.64. The minimum absolute atomic E-state index is 0.00631. The number of carbonyl (C=O) groups is 2. The van der Waals surface area contributed by atoms with Crippen LogP contribution in [0.1, 0.15) is 42.9 Å². The minimum atomic E-state index is -1.13. The van der Waals surface area contributed by atoms with E-state index in [0.29, 0.717) is 22.1 Å². The number of hydrogen-bond acceptors (Lipinski definition) is 8. The van der Waals surface area contributed by atoms with Crippen LogP contribution >= 0.6 is 11.3 Å². The molecule has 2 atom stereocenters. The molecule has 0 aliphatic carbocycles. The van der Waals surface area contributed by atoms with Crippen LogP contribution in [0.5, 0.6) is 0 Å². The molecular formula is C22H20FN3O4S. The SMILES string of the molecule is C#Cc1c(F)cccc1[C@@H]1N=C(c2nccs2)NC(C)=C1C(=O)O[C@H](C)C(=O)OCC. The number of ether oxygens (including phenoxy) is 2. The van der Waals surface area contributed by atoms with Crippen molar-refractivity contribution in [2.45, 2.75) is 32.9 Å². The van der Waals surface area contributed by atoms with Crippen molar-refractivity contribution >= 4 is 29.1 Å². The van der Waals surface area contributed by atoms with Crippen LogP contribution in [0.15, 0.2) is 46.0 Å². The second-order valence-corrected chi connectivity index (χ2v) is 7.42. The van der Waals surface area contributed by atoms with Gasteiger partial charge in [-0.15, -0.1) is 17.8 Å². The van der Waals surface area contributed by atoms with Gasteiger partial charge in [-0.2, -0.15) is 0 Å². The van der Waals surface area contributed by atoms with Gasteiger partial charge in [0.05, 0.1) is 17.7 Å². The molecule has 1 aromatic carbocycles. The Labute approximate surface area is 183 Å². The third-order valence-electron chi connectivity index (χ3n) is 4.48. The van der Waals surface area contributed by atoms with Crippen molar-refractivity contribution in [1.82, 2.24) is 10.3 Å². The Morgan fingerprint density at radius 2 is 2.19 bits per heavy atom. The highest BCUT2D eigenvalue weighted by Gasteiger charge is 2.34. The molecule has 1 aliphatic rings. The second-order valence-electron chi connectivity index (χ2n) is 6.53. The topological polar surface area (TPSA) is 89.9 Å². The smallest absolute Gasteiger partial charge is 0.347 e. The Bertz CT molecular complexity index is 1100. The molecule has 2 aromatic rings. The Morgan fingerprint density at radius 1 is 1.42 bits per heavy atom. The van der Waals surface area contributed by atoms with E-state index in [-0.39, 0.29) is 17.7 Å². The van der Waals surface area contributed by atoms with E-state index in [0.717, 1.165) is 0 Å². The number of halogens is 1. The van der Waals surface area contributed by atoms with Crippen LogP contribution in [0.2, 0.25) is 0 Å². The highest BCUT2D eigenvalue weighted by Crippen LogP contribution is 2.35. The van der Waals surface area contributed by atoms with Crippen molar-refractivity contribution in [3.63, 3.8) is 0 Å². The lowest BCUT2D eigenvalue weighted by Gasteiger charge is -2.27. The summed E-state index contributed by atoms with van der Waals surface area (Å²) < 4.78 is 24.6. The fourth-order valence-electron chi connectivity index (χ4n) is 3.07. The molecule has 1 aliphatic heterocycles. The first kappa shape index (κ1) is 22.2. The first-order valence-corrected chi connectivity index (χ1v) is 10.3. The number of aromatic nitrogens is 1. The van der Waals surface area contributed by atoms with Crippen molar-refractivity contribution in [3.8, 4) is 12.3 Å². The minimum Gasteiger partial charge on any atom is -0.463 e. The van der Waals surface area contributed by atoms with Gasteiger partial charge in [0.25, 0.3) is 0 Å². The molecule has 31 heavy (non-hydrogen) atoms. The number of allylic oxidation sites excluding steroid dienone is 1. The van der Waals surface area contributed by atoms with Gasteiger partial charge in [-0.3, -0.25) is 4.99 Å². The molecule has 1 aromatic heterocycles. The maximum absolute atomic E-state index is 14.4. The molecule has 1 N–H and O–H groups in total. The summed E-state index contributed by atoms with van der Waals surface area (Å²) in [6.45, 7) is 4.88. The summed E-state index contributed by atoms with van der Waals surface area (Å²) in [4.78, 5) is 33.8. The van der Waals surface area contributed by atoms with Crippen LogP contribution in [0.3, 0.4) is 0 Å². The maximum atomic E-state index is 14.4. The summed E-state index contributed by atoms with van der Waals surface area (Å²) in [7, 11) is 0. The number of esters is 2. The second kappa shape index (κ2) is 9.53. The number of rotatable bonds is 6. The highest BCUT2D eigenvalue weighted by atomic mass is 32.1. The lowest BCUT2D eigenvalue weighted by molar-refractivity contribution is -0.164. The van der Waals surface area contributed by atoms with Gasteiger partial charge < -0.3 is 14.8 Å². The summed E-state index contributed by atoms with van der Waals surface area (Å²) in [5.41, 5.74) is 0.860. The number of nitrogens with zero attached hydrogens (tertiary/aromatic N) is 2. The maximum Gasteiger partial charge on any atom is 0.347 e. The first-order valence-electron chi connectivity index (χ1n) is 9.45. The molecule has 0 spiro atoms. The van der Waals surface area contributed by atoms with Gasteiger partial charge in [-0.05, 0) is 32.4 Å². The van der Waals surface area contributed by atoms with E-state index in [4.69, 9.17) is 15.9 Å². The van der Waals surface area contributed by atoms with Crippen molar-refractivity contribution in [2.75, 3.05) is 6.61 Å². The predicted octanol–water partition coefficient (Wildman–Crippen LogP) is 3.12. The molecule has 2 heterocycles. The van der Waals surface area contributed by atoms with E-state index >= 15 is 0 Å². The van der Waals surface area contributed by atoms with Crippen LogP contribution in [0, 0.1) is 18.2 Å². The molecule has 0 fully saturated rings. The molecule has 0 radical (unpaired) electrons.